The minimum Gasteiger partial charge on any atom is -0.465 e. The van der Waals surface area contributed by atoms with E-state index in [1.807, 2.05) is 34.6 Å². The van der Waals surface area contributed by atoms with Gasteiger partial charge in [-0.25, -0.2) is 0 Å². The van der Waals surface area contributed by atoms with Crippen LogP contribution < -0.4 is 10.6 Å². The molecule has 1 fully saturated rings. The van der Waals surface area contributed by atoms with E-state index in [2.05, 4.69) is 24.5 Å². The molecule has 0 aromatic rings. The van der Waals surface area contributed by atoms with E-state index in [0.29, 0.717) is 38.5 Å². The Balaban J connectivity index is 2.92. The molecule has 0 aromatic heterocycles. The summed E-state index contributed by atoms with van der Waals surface area (Å²) in [5.41, 5.74) is -2.67. The Bertz CT molecular complexity index is 784. The van der Waals surface area contributed by atoms with Crippen LogP contribution in [0.15, 0.2) is 0 Å². The SMILES string of the molecule is CCCCC(CC)COC(=O)C(C)(CC)CC(C)(CC(C)(C)C(=O)NCCN1CCCC1=O)C(=O)NC. The quantitative estimate of drug-likeness (QED) is 0.274. The summed E-state index contributed by atoms with van der Waals surface area (Å²) in [4.78, 5) is 53.2. The first-order valence-corrected chi connectivity index (χ1v) is 14.2. The molecule has 1 rings (SSSR count). The van der Waals surface area contributed by atoms with Gasteiger partial charge in [-0.15, -0.1) is 0 Å². The molecule has 0 aromatic carbocycles. The Morgan fingerprint density at radius 1 is 1.03 bits per heavy atom. The molecule has 0 spiro atoms. The molecule has 37 heavy (non-hydrogen) atoms. The lowest BCUT2D eigenvalue weighted by Crippen LogP contribution is -2.49. The van der Waals surface area contributed by atoms with Gasteiger partial charge in [0.2, 0.25) is 17.7 Å². The van der Waals surface area contributed by atoms with Gasteiger partial charge >= 0.3 is 5.97 Å². The summed E-state index contributed by atoms with van der Waals surface area (Å²) in [7, 11) is 1.59. The number of ether oxygens (including phenoxy) is 1. The second kappa shape index (κ2) is 14.7. The van der Waals surface area contributed by atoms with E-state index in [9.17, 15) is 19.2 Å². The third-order valence-electron chi connectivity index (χ3n) is 8.11. The van der Waals surface area contributed by atoms with Crippen LogP contribution in [0.3, 0.4) is 0 Å². The average Bonchev–Trinajstić information content (AvgIpc) is 3.27. The maximum Gasteiger partial charge on any atom is 0.311 e. The molecule has 3 unspecified atom stereocenters. The van der Waals surface area contributed by atoms with Crippen molar-refractivity contribution in [2.75, 3.05) is 33.3 Å². The van der Waals surface area contributed by atoms with Gasteiger partial charge < -0.3 is 20.3 Å². The van der Waals surface area contributed by atoms with E-state index >= 15 is 0 Å². The zero-order valence-corrected chi connectivity index (χ0v) is 24.8. The topological polar surface area (TPSA) is 105 Å². The number of nitrogens with zero attached hydrogens (tertiary/aromatic N) is 1. The molecule has 1 saturated heterocycles. The van der Waals surface area contributed by atoms with Crippen molar-refractivity contribution in [1.29, 1.82) is 0 Å². The van der Waals surface area contributed by atoms with Gasteiger partial charge in [-0.3, -0.25) is 19.2 Å². The van der Waals surface area contributed by atoms with Crippen LogP contribution in [-0.4, -0.2) is 61.9 Å². The Morgan fingerprint density at radius 3 is 2.22 bits per heavy atom. The highest BCUT2D eigenvalue weighted by molar-refractivity contribution is 5.87. The first-order valence-electron chi connectivity index (χ1n) is 14.2. The highest BCUT2D eigenvalue weighted by atomic mass is 16.5. The maximum absolute atomic E-state index is 13.3. The van der Waals surface area contributed by atoms with Crippen molar-refractivity contribution in [3.63, 3.8) is 0 Å². The molecule has 214 valence electrons. The molecule has 8 heteroatoms. The molecule has 3 amide bonds. The summed E-state index contributed by atoms with van der Waals surface area (Å²) in [6.07, 6.45) is 6.73. The van der Waals surface area contributed by atoms with E-state index in [4.69, 9.17) is 4.74 Å². The van der Waals surface area contributed by atoms with Crippen molar-refractivity contribution in [3.05, 3.63) is 0 Å². The minimum absolute atomic E-state index is 0.127. The zero-order valence-electron chi connectivity index (χ0n) is 24.8. The van der Waals surface area contributed by atoms with E-state index in [0.717, 1.165) is 38.6 Å². The van der Waals surface area contributed by atoms with Gasteiger partial charge in [0.05, 0.1) is 12.0 Å². The largest absolute Gasteiger partial charge is 0.465 e. The Labute approximate surface area is 225 Å². The first-order chi connectivity index (χ1) is 17.3. The highest BCUT2D eigenvalue weighted by Crippen LogP contribution is 2.45. The molecule has 0 saturated carbocycles. The molecule has 2 N–H and O–H groups in total. The fourth-order valence-corrected chi connectivity index (χ4v) is 5.53. The monoisotopic (exact) mass is 523 g/mol. The van der Waals surface area contributed by atoms with Crippen molar-refractivity contribution in [3.8, 4) is 0 Å². The smallest absolute Gasteiger partial charge is 0.311 e. The molecule has 8 nitrogen and oxygen atoms in total. The number of likely N-dealkylation sites (tertiary alicyclic amines) is 1. The Morgan fingerprint density at radius 2 is 1.70 bits per heavy atom. The van der Waals surface area contributed by atoms with Crippen molar-refractivity contribution >= 4 is 23.7 Å². The van der Waals surface area contributed by atoms with Crippen LogP contribution in [0.25, 0.3) is 0 Å². The molecule has 1 aliphatic heterocycles. The Hall–Kier alpha value is -2.12. The number of carbonyl (C=O) groups excluding carboxylic acids is 4. The lowest BCUT2D eigenvalue weighted by atomic mass is 9.64. The van der Waals surface area contributed by atoms with Gasteiger partial charge in [0.1, 0.15) is 0 Å². The molecule has 0 aliphatic carbocycles. The van der Waals surface area contributed by atoms with Gasteiger partial charge in [0.15, 0.2) is 0 Å². The van der Waals surface area contributed by atoms with Crippen LogP contribution in [0, 0.1) is 22.2 Å². The standard InChI is InChI=1S/C29H53N3O5/c1-9-12-14-22(10-2)19-37-26(36)28(6,11-3)21-29(7,25(35)30-8)20-27(4,5)24(34)31-16-18-32-17-13-15-23(32)33/h22H,9-21H2,1-8H3,(H,30,35)(H,31,34). The van der Waals surface area contributed by atoms with Crippen LogP contribution in [0.5, 0.6) is 0 Å². The molecule has 3 atom stereocenters. The van der Waals surface area contributed by atoms with Crippen molar-refractivity contribution < 1.29 is 23.9 Å². The van der Waals surface area contributed by atoms with Gasteiger partial charge in [-0.05, 0) is 44.9 Å². The predicted molar refractivity (Wildman–Crippen MR) is 147 cm³/mol. The van der Waals surface area contributed by atoms with Gasteiger partial charge in [0, 0.05) is 43.9 Å². The second-order valence-corrected chi connectivity index (χ2v) is 12.0. The van der Waals surface area contributed by atoms with Crippen LogP contribution in [0.1, 0.15) is 106 Å². The molecule has 0 bridgehead atoms. The van der Waals surface area contributed by atoms with Crippen molar-refractivity contribution in [1.82, 2.24) is 15.5 Å². The number of hydrogen-bond acceptors (Lipinski definition) is 5. The summed E-state index contributed by atoms with van der Waals surface area (Å²) < 4.78 is 5.81. The normalized spacial score (nSPS) is 18.1. The lowest BCUT2D eigenvalue weighted by Gasteiger charge is -2.40. The van der Waals surface area contributed by atoms with Crippen LogP contribution in [0.2, 0.25) is 0 Å². The van der Waals surface area contributed by atoms with Crippen LogP contribution >= 0.6 is 0 Å². The highest BCUT2D eigenvalue weighted by Gasteiger charge is 2.48. The number of hydrogen-bond donors (Lipinski definition) is 2. The number of nitrogens with one attached hydrogen (secondary N) is 2. The summed E-state index contributed by atoms with van der Waals surface area (Å²) >= 11 is 0. The minimum atomic E-state index is -0.962. The fraction of sp³-hybridized carbons (Fsp3) is 0.862. The predicted octanol–water partition coefficient (Wildman–Crippen LogP) is 4.46. The van der Waals surface area contributed by atoms with Crippen LogP contribution in [-0.2, 0) is 23.9 Å². The third-order valence-corrected chi connectivity index (χ3v) is 8.11. The zero-order chi connectivity index (χ0) is 28.3. The van der Waals surface area contributed by atoms with E-state index in [1.54, 1.807) is 11.9 Å². The number of unbranched alkanes of at least 4 members (excludes halogenated alkanes) is 1. The summed E-state index contributed by atoms with van der Waals surface area (Å²) in [5.74, 6) is -0.178. The first kappa shape index (κ1) is 32.9. The third kappa shape index (κ3) is 9.60. The molecule has 1 aliphatic rings. The maximum atomic E-state index is 13.3. The van der Waals surface area contributed by atoms with Gasteiger partial charge in [0.25, 0.3) is 0 Å². The van der Waals surface area contributed by atoms with Gasteiger partial charge in [-0.1, -0.05) is 60.8 Å². The second-order valence-electron chi connectivity index (χ2n) is 12.0. The molecular weight excluding hydrogens is 470 g/mol. The summed E-state index contributed by atoms with van der Waals surface area (Å²) in [5, 5.41) is 5.70. The molecule has 1 heterocycles. The summed E-state index contributed by atoms with van der Waals surface area (Å²) in [6, 6.07) is 0. The van der Waals surface area contributed by atoms with E-state index < -0.39 is 16.2 Å². The Kier molecular flexibility index (Phi) is 13.1. The molecular formula is C29H53N3O5. The van der Waals surface area contributed by atoms with Crippen molar-refractivity contribution in [2.24, 2.45) is 22.2 Å². The number of esters is 1. The molecule has 0 radical (unpaired) electrons. The van der Waals surface area contributed by atoms with Crippen molar-refractivity contribution in [2.45, 2.75) is 106 Å². The summed E-state index contributed by atoms with van der Waals surface area (Å²) in [6.45, 7) is 15.6. The van der Waals surface area contributed by atoms with E-state index in [1.165, 1.54) is 0 Å². The van der Waals surface area contributed by atoms with Gasteiger partial charge in [-0.2, -0.15) is 0 Å². The number of rotatable bonds is 17. The van der Waals surface area contributed by atoms with E-state index in [-0.39, 0.29) is 36.5 Å². The fourth-order valence-electron chi connectivity index (χ4n) is 5.53. The average molecular weight is 524 g/mol. The lowest BCUT2D eigenvalue weighted by molar-refractivity contribution is -0.160. The number of amides is 3. The number of carbonyl (C=O) groups is 4. The van der Waals surface area contributed by atoms with Crippen LogP contribution in [0.4, 0.5) is 0 Å².